The minimum atomic E-state index is -4.65. The van der Waals surface area contributed by atoms with E-state index in [1.54, 1.807) is 0 Å². The summed E-state index contributed by atoms with van der Waals surface area (Å²) in [6, 6.07) is 4.93. The van der Waals surface area contributed by atoms with E-state index in [0.29, 0.717) is 24.6 Å². The lowest BCUT2D eigenvalue weighted by Gasteiger charge is -2.16. The summed E-state index contributed by atoms with van der Waals surface area (Å²) < 4.78 is 78.5. The van der Waals surface area contributed by atoms with Gasteiger partial charge in [-0.15, -0.1) is 0 Å². The number of ether oxygens (including phenoxy) is 2. The van der Waals surface area contributed by atoms with Crippen LogP contribution in [-0.4, -0.2) is 20.1 Å². The van der Waals surface area contributed by atoms with Gasteiger partial charge in [-0.1, -0.05) is 0 Å². The van der Waals surface area contributed by atoms with E-state index in [4.69, 9.17) is 9.47 Å². The minimum absolute atomic E-state index is 0.0200. The molecule has 0 amide bonds. The quantitative estimate of drug-likeness (QED) is 0.556. The van der Waals surface area contributed by atoms with Gasteiger partial charge in [0.15, 0.2) is 17.4 Å². The molecule has 4 rings (SSSR count). The summed E-state index contributed by atoms with van der Waals surface area (Å²) in [7, 11) is 0. The van der Waals surface area contributed by atoms with E-state index in [0.717, 1.165) is 18.2 Å². The Balaban J connectivity index is 1.47. The van der Waals surface area contributed by atoms with Crippen molar-refractivity contribution in [2.45, 2.75) is 38.7 Å². The maximum absolute atomic E-state index is 14.4. The van der Waals surface area contributed by atoms with Crippen LogP contribution in [0, 0.1) is 11.6 Å². The number of fused-ring (bicyclic) bond motifs is 1. The van der Waals surface area contributed by atoms with E-state index in [1.807, 2.05) is 13.8 Å². The zero-order valence-electron chi connectivity index (χ0n) is 17.3. The SMILES string of the molecule is CC1(C)Cn2c(cc(OCc3cc(F)c(Oc4ccc(C(F)(F)F)nc4)c(F)c3)nc2=O)N1. The molecule has 0 unspecified atom stereocenters. The van der Waals surface area contributed by atoms with Crippen LogP contribution in [0.15, 0.2) is 41.3 Å². The smallest absolute Gasteiger partial charge is 0.433 e. The molecule has 2 aromatic heterocycles. The predicted molar refractivity (Wildman–Crippen MR) is 106 cm³/mol. The van der Waals surface area contributed by atoms with Crippen molar-refractivity contribution >= 4 is 5.82 Å². The van der Waals surface area contributed by atoms with Crippen LogP contribution < -0.4 is 20.5 Å². The van der Waals surface area contributed by atoms with Gasteiger partial charge < -0.3 is 14.8 Å². The highest BCUT2D eigenvalue weighted by Gasteiger charge is 2.32. The number of alkyl halides is 3. The topological polar surface area (TPSA) is 78.3 Å². The highest BCUT2D eigenvalue weighted by molar-refractivity contribution is 5.45. The second-order valence-corrected chi connectivity index (χ2v) is 8.01. The number of hydrogen-bond acceptors (Lipinski definition) is 6. The Morgan fingerprint density at radius 3 is 2.45 bits per heavy atom. The van der Waals surface area contributed by atoms with Crippen LogP contribution in [0.3, 0.4) is 0 Å². The molecule has 0 aliphatic carbocycles. The molecule has 12 heteroatoms. The molecule has 7 nitrogen and oxygen atoms in total. The van der Waals surface area contributed by atoms with Crippen molar-refractivity contribution in [1.29, 1.82) is 0 Å². The molecule has 1 aliphatic heterocycles. The van der Waals surface area contributed by atoms with Gasteiger partial charge in [0.25, 0.3) is 0 Å². The first-order chi connectivity index (χ1) is 15.4. The van der Waals surface area contributed by atoms with Gasteiger partial charge in [-0.3, -0.25) is 4.57 Å². The first-order valence-electron chi connectivity index (χ1n) is 9.63. The summed E-state index contributed by atoms with van der Waals surface area (Å²) >= 11 is 0. The van der Waals surface area contributed by atoms with E-state index in [1.165, 1.54) is 10.6 Å². The number of halogens is 5. The van der Waals surface area contributed by atoms with Gasteiger partial charge in [-0.25, -0.2) is 18.6 Å². The van der Waals surface area contributed by atoms with Crippen molar-refractivity contribution in [1.82, 2.24) is 14.5 Å². The lowest BCUT2D eigenvalue weighted by Crippen LogP contribution is -2.30. The number of hydrogen-bond donors (Lipinski definition) is 1. The molecular formula is C21H17F5N4O3. The second-order valence-electron chi connectivity index (χ2n) is 8.01. The van der Waals surface area contributed by atoms with E-state index in [2.05, 4.69) is 15.3 Å². The molecule has 0 saturated carbocycles. The number of rotatable bonds is 5. The van der Waals surface area contributed by atoms with Gasteiger partial charge in [-0.2, -0.15) is 18.2 Å². The summed E-state index contributed by atoms with van der Waals surface area (Å²) in [6.07, 6.45) is -3.94. The molecule has 0 fully saturated rings. The van der Waals surface area contributed by atoms with E-state index in [-0.39, 0.29) is 29.3 Å². The van der Waals surface area contributed by atoms with E-state index in [9.17, 15) is 26.7 Å². The maximum Gasteiger partial charge on any atom is 0.433 e. The number of anilines is 1. The zero-order chi connectivity index (χ0) is 24.0. The van der Waals surface area contributed by atoms with Gasteiger partial charge in [0.05, 0.1) is 18.3 Å². The third kappa shape index (κ3) is 4.89. The Morgan fingerprint density at radius 1 is 1.15 bits per heavy atom. The minimum Gasteiger partial charge on any atom is -0.473 e. The number of benzene rings is 1. The highest BCUT2D eigenvalue weighted by atomic mass is 19.4. The van der Waals surface area contributed by atoms with Crippen molar-refractivity contribution in [2.75, 3.05) is 5.32 Å². The van der Waals surface area contributed by atoms with E-state index >= 15 is 0 Å². The molecule has 1 N–H and O–H groups in total. The molecule has 3 heterocycles. The highest BCUT2D eigenvalue weighted by Crippen LogP contribution is 2.32. The van der Waals surface area contributed by atoms with E-state index < -0.39 is 34.9 Å². The number of nitrogens with zero attached hydrogens (tertiary/aromatic N) is 3. The van der Waals surface area contributed by atoms with Crippen LogP contribution in [0.5, 0.6) is 17.4 Å². The summed E-state index contributed by atoms with van der Waals surface area (Å²) in [4.78, 5) is 19.1. The van der Waals surface area contributed by atoms with Gasteiger partial charge in [0, 0.05) is 6.07 Å². The zero-order valence-corrected chi connectivity index (χ0v) is 17.3. The molecule has 3 aromatic rings. The second kappa shape index (κ2) is 8.01. The molecule has 0 bridgehead atoms. The largest absolute Gasteiger partial charge is 0.473 e. The van der Waals surface area contributed by atoms with Crippen molar-refractivity contribution < 1.29 is 31.4 Å². The molecule has 0 saturated heterocycles. The fourth-order valence-electron chi connectivity index (χ4n) is 3.27. The molecule has 1 aromatic carbocycles. The van der Waals surface area contributed by atoms with Crippen molar-refractivity contribution in [3.63, 3.8) is 0 Å². The fraction of sp³-hybridized carbons (Fsp3) is 0.286. The van der Waals surface area contributed by atoms with Crippen LogP contribution >= 0.6 is 0 Å². The molecule has 174 valence electrons. The third-order valence-corrected chi connectivity index (χ3v) is 4.70. The fourth-order valence-corrected chi connectivity index (χ4v) is 3.27. The summed E-state index contributed by atoms with van der Waals surface area (Å²) in [6.45, 7) is 3.96. The Labute approximate surface area is 183 Å². The lowest BCUT2D eigenvalue weighted by atomic mass is 10.1. The summed E-state index contributed by atoms with van der Waals surface area (Å²) in [5.74, 6) is -2.78. The molecule has 1 aliphatic rings. The van der Waals surface area contributed by atoms with Crippen molar-refractivity contribution in [2.24, 2.45) is 0 Å². The Hall–Kier alpha value is -3.70. The third-order valence-electron chi connectivity index (χ3n) is 4.70. The number of nitrogens with one attached hydrogen (secondary N) is 1. The number of aromatic nitrogens is 3. The van der Waals surface area contributed by atoms with Gasteiger partial charge in [0.1, 0.15) is 23.9 Å². The van der Waals surface area contributed by atoms with Crippen LogP contribution in [0.1, 0.15) is 25.1 Å². The monoisotopic (exact) mass is 468 g/mol. The molecular weight excluding hydrogens is 451 g/mol. The number of pyridine rings is 1. The summed E-state index contributed by atoms with van der Waals surface area (Å²) in [5.41, 5.74) is -1.94. The first-order valence-corrected chi connectivity index (χ1v) is 9.63. The van der Waals surface area contributed by atoms with Crippen LogP contribution in [0.25, 0.3) is 0 Å². The van der Waals surface area contributed by atoms with Gasteiger partial charge in [-0.05, 0) is 43.7 Å². The van der Waals surface area contributed by atoms with Crippen LogP contribution in [0.4, 0.5) is 27.8 Å². The molecule has 33 heavy (non-hydrogen) atoms. The average Bonchev–Trinajstić information content (AvgIpc) is 3.03. The standard InChI is InChI=1S/C21H17F5N4O3/c1-20(2)10-30-16(29-20)7-17(28-19(30)31)32-9-11-5-13(22)18(14(23)6-11)33-12-3-4-15(27-8-12)21(24,25)26/h3-8,29H,9-10H2,1-2H3. The van der Waals surface area contributed by atoms with Crippen molar-refractivity contribution in [3.05, 3.63) is 69.9 Å². The van der Waals surface area contributed by atoms with Gasteiger partial charge in [0.2, 0.25) is 5.88 Å². The normalized spacial score (nSPS) is 14.5. The average molecular weight is 468 g/mol. The summed E-state index contributed by atoms with van der Waals surface area (Å²) in [5, 5.41) is 3.15. The van der Waals surface area contributed by atoms with Crippen molar-refractivity contribution in [3.8, 4) is 17.4 Å². The van der Waals surface area contributed by atoms with Gasteiger partial charge >= 0.3 is 11.9 Å². The molecule has 0 radical (unpaired) electrons. The van der Waals surface area contributed by atoms with Crippen LogP contribution in [-0.2, 0) is 19.3 Å². The Bertz CT molecular complexity index is 1230. The Kier molecular flexibility index (Phi) is 5.46. The first kappa shape index (κ1) is 22.5. The molecule has 0 atom stereocenters. The predicted octanol–water partition coefficient (Wildman–Crippen LogP) is 4.51. The Morgan fingerprint density at radius 2 is 1.85 bits per heavy atom. The molecule has 0 spiro atoms. The maximum atomic E-state index is 14.4. The lowest BCUT2D eigenvalue weighted by molar-refractivity contribution is -0.141. The van der Waals surface area contributed by atoms with Crippen LogP contribution in [0.2, 0.25) is 0 Å².